The number of nitrogens with zero attached hydrogens (tertiary/aromatic N) is 1. The molecular weight excluding hydrogens is 270 g/mol. The van der Waals surface area contributed by atoms with E-state index >= 15 is 0 Å². The summed E-state index contributed by atoms with van der Waals surface area (Å²) in [5.74, 6) is 1.83. The number of likely N-dealkylation sites (tertiary alicyclic amines) is 1. The monoisotopic (exact) mass is 309 g/mol. The Morgan fingerprint density at radius 2 is 1.45 bits per heavy atom. The SMILES string of the molecule is CCCCOC1CCC(C2CC(C)(C)N(C)C(C)(C)C2)CC1. The molecule has 130 valence electrons. The van der Waals surface area contributed by atoms with E-state index in [1.165, 1.54) is 51.4 Å². The van der Waals surface area contributed by atoms with Crippen molar-refractivity contribution in [2.45, 2.75) is 103 Å². The summed E-state index contributed by atoms with van der Waals surface area (Å²) in [6.45, 7) is 12.9. The first-order valence-corrected chi connectivity index (χ1v) is 9.62. The summed E-state index contributed by atoms with van der Waals surface area (Å²) in [4.78, 5) is 2.61. The predicted molar refractivity (Wildman–Crippen MR) is 95.3 cm³/mol. The lowest BCUT2D eigenvalue weighted by Gasteiger charge is -2.55. The number of hydrogen-bond acceptors (Lipinski definition) is 2. The molecule has 1 aliphatic carbocycles. The van der Waals surface area contributed by atoms with Gasteiger partial charge in [0.15, 0.2) is 0 Å². The van der Waals surface area contributed by atoms with E-state index in [0.717, 1.165) is 18.4 Å². The standard InChI is InChI=1S/C20H39NO/c1-7-8-13-22-18-11-9-16(10-12-18)17-14-19(2,3)21(6)20(4,5)15-17/h16-18H,7-15H2,1-6H3. The average Bonchev–Trinajstić information content (AvgIpc) is 2.45. The van der Waals surface area contributed by atoms with Crippen LogP contribution in [0.1, 0.15) is 86.0 Å². The van der Waals surface area contributed by atoms with Gasteiger partial charge in [-0.1, -0.05) is 13.3 Å². The lowest BCUT2D eigenvalue weighted by molar-refractivity contribution is -0.0577. The Bertz CT molecular complexity index is 324. The molecule has 1 saturated carbocycles. The maximum Gasteiger partial charge on any atom is 0.0575 e. The third-order valence-corrected chi connectivity index (χ3v) is 6.58. The van der Waals surface area contributed by atoms with Gasteiger partial charge in [0.05, 0.1) is 6.10 Å². The normalized spacial score (nSPS) is 33.0. The van der Waals surface area contributed by atoms with Crippen molar-refractivity contribution >= 4 is 0 Å². The summed E-state index contributed by atoms with van der Waals surface area (Å²) < 4.78 is 6.05. The van der Waals surface area contributed by atoms with Gasteiger partial charge in [-0.15, -0.1) is 0 Å². The van der Waals surface area contributed by atoms with E-state index in [2.05, 4.69) is 46.6 Å². The molecule has 2 heteroatoms. The van der Waals surface area contributed by atoms with Gasteiger partial charge in [-0.05, 0) is 91.5 Å². The summed E-state index contributed by atoms with van der Waals surface area (Å²) in [5, 5.41) is 0. The number of unbranched alkanes of at least 4 members (excludes halogenated alkanes) is 1. The summed E-state index contributed by atoms with van der Waals surface area (Å²) in [5.41, 5.74) is 0.668. The fourth-order valence-corrected chi connectivity index (χ4v) is 4.90. The van der Waals surface area contributed by atoms with Crippen LogP contribution in [0.4, 0.5) is 0 Å². The first-order chi connectivity index (χ1) is 10.3. The quantitative estimate of drug-likeness (QED) is 0.642. The van der Waals surface area contributed by atoms with Crippen LogP contribution < -0.4 is 0 Å². The average molecular weight is 310 g/mol. The molecule has 0 atom stereocenters. The topological polar surface area (TPSA) is 12.5 Å². The van der Waals surface area contributed by atoms with Crippen molar-refractivity contribution in [2.75, 3.05) is 13.7 Å². The Morgan fingerprint density at radius 1 is 0.909 bits per heavy atom. The van der Waals surface area contributed by atoms with E-state index in [4.69, 9.17) is 4.74 Å². The zero-order valence-corrected chi connectivity index (χ0v) is 16.0. The van der Waals surface area contributed by atoms with Crippen molar-refractivity contribution in [3.05, 3.63) is 0 Å². The first-order valence-electron chi connectivity index (χ1n) is 9.62. The summed E-state index contributed by atoms with van der Waals surface area (Å²) in [6.07, 6.45) is 11.1. The summed E-state index contributed by atoms with van der Waals surface area (Å²) in [7, 11) is 2.31. The molecule has 1 heterocycles. The maximum absolute atomic E-state index is 6.05. The van der Waals surface area contributed by atoms with Crippen molar-refractivity contribution in [3.63, 3.8) is 0 Å². The van der Waals surface area contributed by atoms with Crippen LogP contribution in [0.15, 0.2) is 0 Å². The van der Waals surface area contributed by atoms with Gasteiger partial charge in [0.25, 0.3) is 0 Å². The maximum atomic E-state index is 6.05. The zero-order chi connectivity index (χ0) is 16.4. The molecule has 2 aliphatic rings. The number of ether oxygens (including phenoxy) is 1. The van der Waals surface area contributed by atoms with E-state index in [1.54, 1.807) is 0 Å². The Hall–Kier alpha value is -0.0800. The van der Waals surface area contributed by atoms with Crippen molar-refractivity contribution in [1.82, 2.24) is 4.90 Å². The van der Waals surface area contributed by atoms with Gasteiger partial charge in [-0.25, -0.2) is 0 Å². The number of rotatable bonds is 5. The Kier molecular flexibility index (Phi) is 5.99. The van der Waals surface area contributed by atoms with Gasteiger partial charge in [-0.3, -0.25) is 4.90 Å². The van der Waals surface area contributed by atoms with Gasteiger partial charge >= 0.3 is 0 Å². The molecular formula is C20H39NO. The minimum atomic E-state index is 0.334. The molecule has 0 aromatic heterocycles. The van der Waals surface area contributed by atoms with E-state index in [9.17, 15) is 0 Å². The lowest BCUT2D eigenvalue weighted by atomic mass is 9.66. The van der Waals surface area contributed by atoms with Crippen molar-refractivity contribution in [3.8, 4) is 0 Å². The molecule has 0 radical (unpaired) electrons. The minimum Gasteiger partial charge on any atom is -0.378 e. The Balaban J connectivity index is 1.86. The highest BCUT2D eigenvalue weighted by Gasteiger charge is 2.45. The zero-order valence-electron chi connectivity index (χ0n) is 16.0. The lowest BCUT2D eigenvalue weighted by Crippen LogP contribution is -2.59. The molecule has 0 aromatic carbocycles. The molecule has 1 saturated heterocycles. The summed E-state index contributed by atoms with van der Waals surface area (Å²) >= 11 is 0. The van der Waals surface area contributed by atoms with Gasteiger partial charge in [0, 0.05) is 17.7 Å². The molecule has 0 amide bonds. The molecule has 22 heavy (non-hydrogen) atoms. The molecule has 0 unspecified atom stereocenters. The fraction of sp³-hybridized carbons (Fsp3) is 1.00. The van der Waals surface area contributed by atoms with Crippen molar-refractivity contribution in [2.24, 2.45) is 11.8 Å². The first kappa shape index (κ1) is 18.3. The van der Waals surface area contributed by atoms with E-state index in [1.807, 2.05) is 0 Å². The third-order valence-electron chi connectivity index (χ3n) is 6.58. The molecule has 2 nitrogen and oxygen atoms in total. The molecule has 1 aliphatic heterocycles. The van der Waals surface area contributed by atoms with Crippen LogP contribution in [0.5, 0.6) is 0 Å². The molecule has 0 spiro atoms. The highest BCUT2D eigenvalue weighted by atomic mass is 16.5. The van der Waals surface area contributed by atoms with E-state index in [0.29, 0.717) is 17.2 Å². The van der Waals surface area contributed by atoms with Crippen molar-refractivity contribution < 1.29 is 4.74 Å². The molecule has 2 fully saturated rings. The molecule has 0 N–H and O–H groups in total. The number of piperidine rings is 1. The Labute approximate surface area is 139 Å². The second kappa shape index (κ2) is 7.21. The van der Waals surface area contributed by atoms with Crippen LogP contribution in [0.2, 0.25) is 0 Å². The van der Waals surface area contributed by atoms with Gasteiger partial charge in [-0.2, -0.15) is 0 Å². The summed E-state index contributed by atoms with van der Waals surface area (Å²) in [6, 6.07) is 0. The predicted octanol–water partition coefficient (Wildman–Crippen LogP) is 5.26. The van der Waals surface area contributed by atoms with Crippen LogP contribution in [-0.4, -0.2) is 35.7 Å². The van der Waals surface area contributed by atoms with Crippen LogP contribution in [0, 0.1) is 11.8 Å². The van der Waals surface area contributed by atoms with Crippen LogP contribution in [-0.2, 0) is 4.74 Å². The molecule has 0 aromatic rings. The Morgan fingerprint density at radius 3 is 1.95 bits per heavy atom. The van der Waals surface area contributed by atoms with E-state index < -0.39 is 0 Å². The fourth-order valence-electron chi connectivity index (χ4n) is 4.90. The van der Waals surface area contributed by atoms with Crippen LogP contribution in [0.3, 0.4) is 0 Å². The second-order valence-corrected chi connectivity index (χ2v) is 9.11. The van der Waals surface area contributed by atoms with Crippen LogP contribution >= 0.6 is 0 Å². The highest BCUT2D eigenvalue weighted by molar-refractivity contribution is 5.00. The number of hydrogen-bond donors (Lipinski definition) is 0. The van der Waals surface area contributed by atoms with Gasteiger partial charge in [0.1, 0.15) is 0 Å². The minimum absolute atomic E-state index is 0.334. The van der Waals surface area contributed by atoms with E-state index in [-0.39, 0.29) is 0 Å². The smallest absolute Gasteiger partial charge is 0.0575 e. The van der Waals surface area contributed by atoms with Crippen molar-refractivity contribution in [1.29, 1.82) is 0 Å². The van der Waals surface area contributed by atoms with Gasteiger partial charge in [0.2, 0.25) is 0 Å². The molecule has 2 rings (SSSR count). The second-order valence-electron chi connectivity index (χ2n) is 9.11. The third kappa shape index (κ3) is 4.26. The van der Waals surface area contributed by atoms with Gasteiger partial charge < -0.3 is 4.74 Å². The molecule has 0 bridgehead atoms. The van der Waals surface area contributed by atoms with Crippen LogP contribution in [0.25, 0.3) is 0 Å². The largest absolute Gasteiger partial charge is 0.378 e. The highest BCUT2D eigenvalue weighted by Crippen LogP contribution is 2.46.